The molecule has 8 nitrogen and oxygen atoms in total. The number of halogens is 3. The molecule has 0 heterocycles. The van der Waals surface area contributed by atoms with Gasteiger partial charge in [-0.1, -0.05) is 88.7 Å². The lowest BCUT2D eigenvalue weighted by molar-refractivity contribution is -0.163. The second-order valence-electron chi connectivity index (χ2n) is 12.6. The minimum Gasteiger partial charge on any atom is -0.438 e. The van der Waals surface area contributed by atoms with Crippen molar-refractivity contribution in [3.05, 3.63) is 106 Å². The normalized spacial score (nSPS) is 13.2. The summed E-state index contributed by atoms with van der Waals surface area (Å²) in [5, 5.41) is 0. The Morgan fingerprint density at radius 3 is 1.70 bits per heavy atom. The van der Waals surface area contributed by atoms with Crippen LogP contribution in [0.3, 0.4) is 0 Å². The van der Waals surface area contributed by atoms with Crippen molar-refractivity contribution in [1.29, 1.82) is 0 Å². The number of benzene rings is 3. The summed E-state index contributed by atoms with van der Waals surface area (Å²) in [4.78, 5) is 37.9. The van der Waals surface area contributed by atoms with Gasteiger partial charge in [0.2, 0.25) is 13.6 Å². The van der Waals surface area contributed by atoms with E-state index in [1.54, 1.807) is 71.9 Å². The third-order valence-corrected chi connectivity index (χ3v) is 9.24. The minimum absolute atomic E-state index is 0.139. The zero-order valence-electron chi connectivity index (χ0n) is 26.6. The highest BCUT2D eigenvalue weighted by atomic mass is 79.9. The summed E-state index contributed by atoms with van der Waals surface area (Å²) in [6.45, 7) is 7.04. The summed E-state index contributed by atoms with van der Waals surface area (Å²) in [5.41, 5.74) is -5.23. The fourth-order valence-corrected chi connectivity index (χ4v) is 6.19. The van der Waals surface area contributed by atoms with Gasteiger partial charge >= 0.3 is 25.2 Å². The van der Waals surface area contributed by atoms with Crippen molar-refractivity contribution in [3.8, 4) is 0 Å². The molecule has 12 heteroatoms. The van der Waals surface area contributed by atoms with Crippen LogP contribution in [-0.2, 0) is 44.8 Å². The molecule has 0 aliphatic heterocycles. The molecule has 0 aromatic heterocycles. The highest BCUT2D eigenvalue weighted by molar-refractivity contribution is 9.10. The van der Waals surface area contributed by atoms with Crippen molar-refractivity contribution >= 4 is 41.2 Å². The second kappa shape index (κ2) is 15.1. The Hall–Kier alpha value is -3.24. The van der Waals surface area contributed by atoms with Gasteiger partial charge < -0.3 is 9.47 Å². The average molecular weight is 724 g/mol. The molecular weight excluding hydrogens is 685 g/mol. The van der Waals surface area contributed by atoms with Gasteiger partial charge in [0.1, 0.15) is 0 Å². The molecule has 0 N–H and O–H groups in total. The standard InChI is InChI=1S/C34H38BrF2O8P/c1-32(2,3)30(39)42-21-44-46(41,45-22-43-31(40)33(4,5)6)34(36,37)27-18-17-23(20-28(27)35)19-26(24-13-9-7-10-14-24)29(38)25-15-11-8-12-16-25/h7-18,20,26H,19,21-22H2,1-6H3. The zero-order chi connectivity index (χ0) is 34.3. The summed E-state index contributed by atoms with van der Waals surface area (Å²) in [6.07, 6.45) is 0.179. The molecule has 0 radical (unpaired) electrons. The zero-order valence-corrected chi connectivity index (χ0v) is 29.0. The quantitative estimate of drug-likeness (QED) is 0.0745. The number of Topliss-reactive ketones (excluding diaryl/α,β-unsaturated/α-hetero) is 1. The number of ketones is 1. The Balaban J connectivity index is 1.92. The maximum atomic E-state index is 16.1. The SMILES string of the molecule is CC(C)(C)C(=O)OCOP(=O)(OCOC(=O)C(C)(C)C)C(F)(F)c1ccc(CC(C(=O)c2ccccc2)c2ccccc2)cc1Br. The Morgan fingerprint density at radius 1 is 0.761 bits per heavy atom. The number of ether oxygens (including phenoxy) is 2. The van der Waals surface area contributed by atoms with Gasteiger partial charge in [-0.2, -0.15) is 8.78 Å². The lowest BCUT2D eigenvalue weighted by atomic mass is 9.85. The van der Waals surface area contributed by atoms with Gasteiger partial charge in [-0.15, -0.1) is 0 Å². The van der Waals surface area contributed by atoms with E-state index in [2.05, 4.69) is 15.9 Å². The third kappa shape index (κ3) is 9.41. The fourth-order valence-electron chi connectivity index (χ4n) is 4.09. The summed E-state index contributed by atoms with van der Waals surface area (Å²) >= 11 is 3.17. The van der Waals surface area contributed by atoms with E-state index in [-0.39, 0.29) is 16.7 Å². The monoisotopic (exact) mass is 722 g/mol. The number of alkyl halides is 2. The molecule has 3 rings (SSSR count). The van der Waals surface area contributed by atoms with Crippen LogP contribution in [0.4, 0.5) is 8.78 Å². The maximum absolute atomic E-state index is 16.1. The molecule has 0 fully saturated rings. The number of rotatable bonds is 13. The molecule has 3 aromatic carbocycles. The molecule has 248 valence electrons. The van der Waals surface area contributed by atoms with Crippen molar-refractivity contribution in [2.45, 2.75) is 59.5 Å². The Bertz CT molecular complexity index is 1530. The van der Waals surface area contributed by atoms with Crippen LogP contribution >= 0.6 is 23.5 Å². The van der Waals surface area contributed by atoms with Crippen molar-refractivity contribution < 1.29 is 46.3 Å². The van der Waals surface area contributed by atoms with Crippen LogP contribution in [0.1, 0.15) is 74.5 Å². The lowest BCUT2D eigenvalue weighted by Crippen LogP contribution is -2.27. The smallest absolute Gasteiger partial charge is 0.410 e. The van der Waals surface area contributed by atoms with Gasteiger partial charge in [0, 0.05) is 15.6 Å². The van der Waals surface area contributed by atoms with Gasteiger partial charge in [0.05, 0.1) is 16.7 Å². The molecule has 1 atom stereocenters. The fraction of sp³-hybridized carbons (Fsp3) is 0.382. The van der Waals surface area contributed by atoms with E-state index in [0.717, 1.165) is 11.6 Å². The van der Waals surface area contributed by atoms with Crippen molar-refractivity contribution in [1.82, 2.24) is 0 Å². The predicted octanol–water partition coefficient (Wildman–Crippen LogP) is 9.03. The van der Waals surface area contributed by atoms with E-state index in [4.69, 9.17) is 18.5 Å². The second-order valence-corrected chi connectivity index (χ2v) is 15.5. The van der Waals surface area contributed by atoms with E-state index in [1.807, 2.05) is 30.3 Å². The van der Waals surface area contributed by atoms with Crippen LogP contribution in [-0.4, -0.2) is 31.3 Å². The van der Waals surface area contributed by atoms with Crippen LogP contribution in [0.25, 0.3) is 0 Å². The first kappa shape index (κ1) is 37.2. The first-order valence-electron chi connectivity index (χ1n) is 14.4. The number of hydrogen-bond acceptors (Lipinski definition) is 8. The molecule has 0 saturated carbocycles. The van der Waals surface area contributed by atoms with E-state index < -0.39 is 61.1 Å². The van der Waals surface area contributed by atoms with Crippen molar-refractivity contribution in [2.24, 2.45) is 10.8 Å². The Kier molecular flexibility index (Phi) is 12.2. The van der Waals surface area contributed by atoms with Crippen LogP contribution in [0.2, 0.25) is 0 Å². The minimum atomic E-state index is -5.51. The highest BCUT2D eigenvalue weighted by Crippen LogP contribution is 2.67. The third-order valence-electron chi connectivity index (χ3n) is 6.77. The van der Waals surface area contributed by atoms with Crippen molar-refractivity contribution in [2.75, 3.05) is 13.6 Å². The number of esters is 2. The Morgan fingerprint density at radius 2 is 1.24 bits per heavy atom. The van der Waals surface area contributed by atoms with E-state index in [1.165, 1.54) is 12.1 Å². The topological polar surface area (TPSA) is 105 Å². The van der Waals surface area contributed by atoms with Crippen LogP contribution < -0.4 is 0 Å². The highest BCUT2D eigenvalue weighted by Gasteiger charge is 2.57. The molecule has 0 saturated heterocycles. The molecule has 0 spiro atoms. The average Bonchev–Trinajstić information content (AvgIpc) is 2.99. The first-order valence-corrected chi connectivity index (χ1v) is 16.7. The molecule has 46 heavy (non-hydrogen) atoms. The van der Waals surface area contributed by atoms with E-state index >= 15 is 8.78 Å². The molecule has 1 unspecified atom stereocenters. The molecule has 0 aliphatic carbocycles. The van der Waals surface area contributed by atoms with Gasteiger partial charge in [0.25, 0.3) is 0 Å². The first-order chi connectivity index (χ1) is 21.4. The number of hydrogen-bond donors (Lipinski definition) is 0. The van der Waals surface area contributed by atoms with Gasteiger partial charge in [0.15, 0.2) is 5.78 Å². The van der Waals surface area contributed by atoms with Crippen LogP contribution in [0.15, 0.2) is 83.3 Å². The van der Waals surface area contributed by atoms with Crippen LogP contribution in [0, 0.1) is 10.8 Å². The van der Waals surface area contributed by atoms with Gasteiger partial charge in [-0.05, 0) is 65.2 Å². The molecule has 3 aromatic rings. The lowest BCUT2D eigenvalue weighted by Gasteiger charge is -2.28. The summed E-state index contributed by atoms with van der Waals surface area (Å²) < 4.78 is 65.5. The summed E-state index contributed by atoms with van der Waals surface area (Å²) in [6, 6.07) is 21.7. The molecular formula is C34H38BrF2O8P. The number of carbonyl (C=O) groups excluding carboxylic acids is 3. The molecule has 0 bridgehead atoms. The Labute approximate surface area is 276 Å². The van der Waals surface area contributed by atoms with Gasteiger partial charge in [-0.3, -0.25) is 28.0 Å². The van der Waals surface area contributed by atoms with E-state index in [9.17, 15) is 18.9 Å². The predicted molar refractivity (Wildman–Crippen MR) is 172 cm³/mol. The van der Waals surface area contributed by atoms with Gasteiger partial charge in [-0.25, -0.2) is 0 Å². The van der Waals surface area contributed by atoms with Crippen molar-refractivity contribution in [3.63, 3.8) is 0 Å². The molecule has 0 aliphatic rings. The number of carbonyl (C=O) groups is 3. The molecule has 0 amide bonds. The summed E-state index contributed by atoms with van der Waals surface area (Å²) in [7, 11) is -5.51. The maximum Gasteiger partial charge on any atom is 0.410 e. The van der Waals surface area contributed by atoms with Crippen LogP contribution in [0.5, 0.6) is 0 Å². The van der Waals surface area contributed by atoms with E-state index in [0.29, 0.717) is 11.1 Å². The largest absolute Gasteiger partial charge is 0.438 e. The summed E-state index contributed by atoms with van der Waals surface area (Å²) in [5.74, 6) is -2.33.